The molecule has 1 aliphatic heterocycles. The van der Waals surface area contributed by atoms with Crippen LogP contribution in [0.3, 0.4) is 0 Å². The van der Waals surface area contributed by atoms with Crippen LogP contribution in [-0.2, 0) is 9.57 Å². The number of aliphatic hydroxyl groups is 4. The van der Waals surface area contributed by atoms with Gasteiger partial charge in [-0.15, -0.1) is 0 Å². The molecule has 0 aromatic heterocycles. The van der Waals surface area contributed by atoms with Gasteiger partial charge in [0, 0.05) is 0 Å². The number of nitrogens with two attached hydrogens (primary N) is 1. The average Bonchev–Trinajstić information content (AvgIpc) is 2.40. The minimum atomic E-state index is -1.40. The van der Waals surface area contributed by atoms with Crippen molar-refractivity contribution in [3.05, 3.63) is 0 Å². The van der Waals surface area contributed by atoms with Crippen LogP contribution in [0.2, 0.25) is 0 Å². The van der Waals surface area contributed by atoms with Crippen molar-refractivity contribution in [3.8, 4) is 0 Å². The van der Waals surface area contributed by atoms with Crippen LogP contribution in [0.25, 0.3) is 0 Å². The van der Waals surface area contributed by atoms with E-state index in [1.54, 1.807) is 0 Å². The highest BCUT2D eigenvalue weighted by molar-refractivity contribution is 4.90. The lowest BCUT2D eigenvalue weighted by atomic mass is 10.1. The third-order valence-corrected chi connectivity index (χ3v) is 1.97. The maximum atomic E-state index is 9.36. The maximum Gasteiger partial charge on any atom is 0.186 e. The minimum absolute atomic E-state index is 0.578. The largest absolute Gasteiger partial charge is 0.394 e. The zero-order valence-corrected chi connectivity index (χ0v) is 6.78. The smallest absolute Gasteiger partial charge is 0.186 e. The van der Waals surface area contributed by atoms with E-state index in [1.165, 1.54) is 0 Å². The number of hydrogen-bond acceptors (Lipinski definition) is 7. The van der Waals surface area contributed by atoms with Gasteiger partial charge in [-0.1, -0.05) is 0 Å². The molecule has 6 N–H and O–H groups in total. The lowest BCUT2D eigenvalue weighted by molar-refractivity contribution is -0.159. The first kappa shape index (κ1) is 10.8. The zero-order valence-electron chi connectivity index (χ0n) is 6.78. The fourth-order valence-corrected chi connectivity index (χ4v) is 1.24. The molecule has 0 radical (unpaired) electrons. The molecule has 7 nitrogen and oxygen atoms in total. The Morgan fingerprint density at radius 2 is 2.08 bits per heavy atom. The first-order valence-electron chi connectivity index (χ1n) is 3.78. The van der Waals surface area contributed by atoms with E-state index >= 15 is 0 Å². The Hall–Kier alpha value is -0.280. The van der Waals surface area contributed by atoms with Gasteiger partial charge in [0.25, 0.3) is 0 Å². The third kappa shape index (κ3) is 1.97. The van der Waals surface area contributed by atoms with Crippen LogP contribution in [0, 0.1) is 0 Å². The highest BCUT2D eigenvalue weighted by Crippen LogP contribution is 2.23. The molecule has 1 fully saturated rings. The Kier molecular flexibility index (Phi) is 3.56. The van der Waals surface area contributed by atoms with Crippen molar-refractivity contribution < 1.29 is 30.0 Å². The first-order valence-corrected chi connectivity index (χ1v) is 3.78. The van der Waals surface area contributed by atoms with Gasteiger partial charge in [0.15, 0.2) is 12.4 Å². The Labute approximate surface area is 74.3 Å². The average molecular weight is 195 g/mol. The molecule has 7 heteroatoms. The molecular formula is C6H13NO6. The Morgan fingerprint density at radius 1 is 1.46 bits per heavy atom. The van der Waals surface area contributed by atoms with Gasteiger partial charge in [-0.3, -0.25) is 4.84 Å². The predicted octanol–water partition coefficient (Wildman–Crippen LogP) is -3.32. The molecule has 0 aromatic carbocycles. The van der Waals surface area contributed by atoms with Gasteiger partial charge in [0.2, 0.25) is 0 Å². The number of rotatable bonds is 3. The van der Waals surface area contributed by atoms with E-state index in [1.807, 2.05) is 0 Å². The topological polar surface area (TPSA) is 125 Å². The summed E-state index contributed by atoms with van der Waals surface area (Å²) in [5, 5.41) is 36.1. The Morgan fingerprint density at radius 3 is 2.46 bits per heavy atom. The molecule has 13 heavy (non-hydrogen) atoms. The number of aliphatic hydroxyl groups excluding tert-OH is 4. The van der Waals surface area contributed by atoms with E-state index in [4.69, 9.17) is 26.0 Å². The number of hydrogen-bond donors (Lipinski definition) is 5. The second kappa shape index (κ2) is 4.29. The van der Waals surface area contributed by atoms with Crippen molar-refractivity contribution in [2.24, 2.45) is 5.90 Å². The highest BCUT2D eigenvalue weighted by Gasteiger charge is 2.46. The lowest BCUT2D eigenvalue weighted by Crippen LogP contribution is -2.42. The fourth-order valence-electron chi connectivity index (χ4n) is 1.24. The molecule has 0 bridgehead atoms. The van der Waals surface area contributed by atoms with E-state index in [0.29, 0.717) is 0 Å². The summed E-state index contributed by atoms with van der Waals surface area (Å²) in [6.45, 7) is -0.578. The summed E-state index contributed by atoms with van der Waals surface area (Å²) in [7, 11) is 0. The van der Waals surface area contributed by atoms with Crippen molar-refractivity contribution >= 4 is 0 Å². The second-order valence-corrected chi connectivity index (χ2v) is 2.83. The van der Waals surface area contributed by atoms with Crippen LogP contribution in [0.5, 0.6) is 0 Å². The van der Waals surface area contributed by atoms with Crippen LogP contribution in [0.1, 0.15) is 0 Å². The molecule has 1 heterocycles. The van der Waals surface area contributed by atoms with Crippen molar-refractivity contribution in [1.82, 2.24) is 0 Å². The SMILES string of the molecule is NO[C@@H]1[C@@H](O)[C@@H]([C@@H](O)CO)O[C@@H]1O. The second-order valence-electron chi connectivity index (χ2n) is 2.83. The fraction of sp³-hybridized carbons (Fsp3) is 1.00. The van der Waals surface area contributed by atoms with Gasteiger partial charge in [-0.05, 0) is 0 Å². The quantitative estimate of drug-likeness (QED) is 0.298. The van der Waals surface area contributed by atoms with Crippen molar-refractivity contribution in [2.45, 2.75) is 30.7 Å². The molecule has 0 saturated carbocycles. The summed E-state index contributed by atoms with van der Waals surface area (Å²) in [6, 6.07) is 0. The van der Waals surface area contributed by atoms with Crippen LogP contribution < -0.4 is 5.90 Å². The zero-order chi connectivity index (χ0) is 10.0. The molecule has 0 amide bonds. The summed E-state index contributed by atoms with van der Waals surface area (Å²) in [4.78, 5) is 4.24. The van der Waals surface area contributed by atoms with E-state index in [2.05, 4.69) is 4.84 Å². The summed E-state index contributed by atoms with van der Waals surface area (Å²) < 4.78 is 4.72. The number of ether oxygens (including phenoxy) is 1. The van der Waals surface area contributed by atoms with E-state index in [9.17, 15) is 5.11 Å². The molecule has 1 rings (SSSR count). The molecule has 78 valence electrons. The molecule has 0 unspecified atom stereocenters. The summed E-state index contributed by atoms with van der Waals surface area (Å²) >= 11 is 0. The van der Waals surface area contributed by atoms with Crippen LogP contribution in [-0.4, -0.2) is 57.7 Å². The Bertz CT molecular complexity index is 167. The van der Waals surface area contributed by atoms with Gasteiger partial charge in [0.05, 0.1) is 6.61 Å². The third-order valence-electron chi connectivity index (χ3n) is 1.97. The summed E-state index contributed by atoms with van der Waals surface area (Å²) in [6.07, 6.45) is -6.13. The van der Waals surface area contributed by atoms with E-state index < -0.39 is 37.3 Å². The van der Waals surface area contributed by atoms with Crippen molar-refractivity contribution in [2.75, 3.05) is 6.61 Å². The summed E-state index contributed by atoms with van der Waals surface area (Å²) in [5.41, 5.74) is 0. The van der Waals surface area contributed by atoms with Gasteiger partial charge in [-0.2, -0.15) is 0 Å². The highest BCUT2D eigenvalue weighted by atomic mass is 16.7. The predicted molar refractivity (Wildman–Crippen MR) is 39.0 cm³/mol. The molecule has 1 aliphatic rings. The van der Waals surface area contributed by atoms with Crippen molar-refractivity contribution in [1.29, 1.82) is 0 Å². The molecule has 5 atom stereocenters. The van der Waals surface area contributed by atoms with Crippen LogP contribution in [0.15, 0.2) is 0 Å². The van der Waals surface area contributed by atoms with Crippen molar-refractivity contribution in [3.63, 3.8) is 0 Å². The van der Waals surface area contributed by atoms with Gasteiger partial charge in [-0.25, -0.2) is 5.90 Å². The van der Waals surface area contributed by atoms with Gasteiger partial charge >= 0.3 is 0 Å². The molecule has 0 aliphatic carbocycles. The van der Waals surface area contributed by atoms with E-state index in [0.717, 1.165) is 0 Å². The van der Waals surface area contributed by atoms with Crippen LogP contribution >= 0.6 is 0 Å². The summed E-state index contributed by atoms with van der Waals surface area (Å²) in [5.74, 6) is 4.77. The minimum Gasteiger partial charge on any atom is -0.394 e. The van der Waals surface area contributed by atoms with Gasteiger partial charge in [0.1, 0.15) is 18.3 Å². The first-order chi connectivity index (χ1) is 6.11. The Balaban J connectivity index is 2.61. The molecule has 0 aromatic rings. The monoisotopic (exact) mass is 195 g/mol. The molecule has 1 saturated heterocycles. The standard InChI is InChI=1S/C6H13NO6/c7-13-5-3(10)4(2(9)1-8)12-6(5)11/h2-6,8-11H,1,7H2/t2-,3-,4+,5+,6-/m0/s1. The molecule has 0 spiro atoms. The van der Waals surface area contributed by atoms with Gasteiger partial charge < -0.3 is 25.2 Å². The molecular weight excluding hydrogens is 182 g/mol. The maximum absolute atomic E-state index is 9.36. The lowest BCUT2D eigenvalue weighted by Gasteiger charge is -2.18. The van der Waals surface area contributed by atoms with Crippen LogP contribution in [0.4, 0.5) is 0 Å². The normalized spacial score (nSPS) is 42.2. The van der Waals surface area contributed by atoms with E-state index in [-0.39, 0.29) is 0 Å².